The molecule has 0 radical (unpaired) electrons. The maximum absolute atomic E-state index is 11.5. The van der Waals surface area contributed by atoms with Crippen molar-refractivity contribution in [1.29, 1.82) is 0 Å². The minimum absolute atomic E-state index is 0.0491. The van der Waals surface area contributed by atoms with Gasteiger partial charge in [-0.15, -0.1) is 0 Å². The van der Waals surface area contributed by atoms with Crippen LogP contribution >= 0.6 is 0 Å². The molecule has 14 heavy (non-hydrogen) atoms. The van der Waals surface area contributed by atoms with E-state index in [1.165, 1.54) is 7.11 Å². The van der Waals surface area contributed by atoms with Gasteiger partial charge in [0.1, 0.15) is 6.61 Å². The molecule has 0 aromatic carbocycles. The van der Waals surface area contributed by atoms with Gasteiger partial charge in [-0.2, -0.15) is 13.2 Å². The smallest absolute Gasteiger partial charge is 0.382 e. The SMILES string of the molecule is COCCONCCOCC(F)(F)F. The molecule has 0 unspecified atom stereocenters. The van der Waals surface area contributed by atoms with Crippen LogP contribution in [0.25, 0.3) is 0 Å². The van der Waals surface area contributed by atoms with Gasteiger partial charge >= 0.3 is 6.18 Å². The van der Waals surface area contributed by atoms with E-state index in [2.05, 4.69) is 15.0 Å². The first-order chi connectivity index (χ1) is 6.56. The normalized spacial score (nSPS) is 12.0. The summed E-state index contributed by atoms with van der Waals surface area (Å²) in [4.78, 5) is 4.77. The van der Waals surface area contributed by atoms with Gasteiger partial charge in [0.2, 0.25) is 0 Å². The summed E-state index contributed by atoms with van der Waals surface area (Å²) in [6, 6.07) is 0. The van der Waals surface area contributed by atoms with Gasteiger partial charge in [-0.05, 0) is 0 Å². The van der Waals surface area contributed by atoms with E-state index in [1.807, 2.05) is 0 Å². The lowest BCUT2D eigenvalue weighted by atomic mass is 10.7. The van der Waals surface area contributed by atoms with Crippen molar-refractivity contribution >= 4 is 0 Å². The molecule has 0 aliphatic carbocycles. The number of halogens is 3. The van der Waals surface area contributed by atoms with Gasteiger partial charge in [0.05, 0.1) is 19.8 Å². The number of methoxy groups -OCH3 is 1. The topological polar surface area (TPSA) is 39.7 Å². The fourth-order valence-electron chi connectivity index (χ4n) is 0.571. The summed E-state index contributed by atoms with van der Waals surface area (Å²) in [5, 5.41) is 0. The summed E-state index contributed by atoms with van der Waals surface area (Å²) in [5.74, 6) is 0. The van der Waals surface area contributed by atoms with Crippen LogP contribution in [0.5, 0.6) is 0 Å². The molecule has 0 fully saturated rings. The van der Waals surface area contributed by atoms with Gasteiger partial charge in [-0.1, -0.05) is 0 Å². The maximum Gasteiger partial charge on any atom is 0.411 e. The Hall–Kier alpha value is -0.370. The lowest BCUT2D eigenvalue weighted by molar-refractivity contribution is -0.174. The van der Waals surface area contributed by atoms with Gasteiger partial charge in [-0.3, -0.25) is 4.84 Å². The minimum Gasteiger partial charge on any atom is -0.382 e. The number of nitrogens with one attached hydrogen (secondary N) is 1. The van der Waals surface area contributed by atoms with Crippen molar-refractivity contribution in [2.45, 2.75) is 6.18 Å². The summed E-state index contributed by atoms with van der Waals surface area (Å²) in [6.07, 6.45) is -4.27. The number of alkyl halides is 3. The molecule has 1 N–H and O–H groups in total. The average Bonchev–Trinajstić information content (AvgIpc) is 2.08. The third kappa shape index (κ3) is 11.6. The van der Waals surface area contributed by atoms with Crippen molar-refractivity contribution in [2.24, 2.45) is 0 Å². The van der Waals surface area contributed by atoms with E-state index in [-0.39, 0.29) is 13.2 Å². The molecule has 0 saturated heterocycles. The van der Waals surface area contributed by atoms with Crippen molar-refractivity contribution in [3.63, 3.8) is 0 Å². The van der Waals surface area contributed by atoms with Gasteiger partial charge < -0.3 is 9.47 Å². The average molecular weight is 217 g/mol. The van der Waals surface area contributed by atoms with Crippen LogP contribution in [0.1, 0.15) is 0 Å². The molecular weight excluding hydrogens is 203 g/mol. The highest BCUT2D eigenvalue weighted by atomic mass is 19.4. The number of hydrogen-bond donors (Lipinski definition) is 1. The second-order valence-corrected chi connectivity index (χ2v) is 2.40. The Morgan fingerprint density at radius 3 is 2.43 bits per heavy atom. The van der Waals surface area contributed by atoms with E-state index < -0.39 is 12.8 Å². The zero-order valence-electron chi connectivity index (χ0n) is 7.89. The molecule has 0 heterocycles. The van der Waals surface area contributed by atoms with Crippen LogP contribution in [-0.2, 0) is 14.3 Å². The summed E-state index contributed by atoms with van der Waals surface area (Å²) in [7, 11) is 1.52. The summed E-state index contributed by atoms with van der Waals surface area (Å²) < 4.78 is 43.6. The molecule has 0 saturated carbocycles. The zero-order valence-corrected chi connectivity index (χ0v) is 7.89. The van der Waals surface area contributed by atoms with E-state index in [0.717, 1.165) is 0 Å². The minimum atomic E-state index is -4.27. The lowest BCUT2D eigenvalue weighted by Crippen LogP contribution is -2.25. The van der Waals surface area contributed by atoms with E-state index >= 15 is 0 Å². The van der Waals surface area contributed by atoms with Crippen LogP contribution in [0, 0.1) is 0 Å². The Kier molecular flexibility index (Phi) is 7.77. The van der Waals surface area contributed by atoms with Crippen molar-refractivity contribution in [1.82, 2.24) is 5.48 Å². The Bertz CT molecular complexity index is 132. The van der Waals surface area contributed by atoms with Crippen LogP contribution in [0.4, 0.5) is 13.2 Å². The van der Waals surface area contributed by atoms with Crippen LogP contribution < -0.4 is 5.48 Å². The van der Waals surface area contributed by atoms with Gasteiger partial charge in [0.15, 0.2) is 0 Å². The Morgan fingerprint density at radius 2 is 1.86 bits per heavy atom. The van der Waals surface area contributed by atoms with E-state index in [0.29, 0.717) is 13.2 Å². The van der Waals surface area contributed by atoms with Crippen molar-refractivity contribution in [3.05, 3.63) is 0 Å². The molecule has 0 aromatic rings. The fourth-order valence-corrected chi connectivity index (χ4v) is 0.571. The molecule has 7 heteroatoms. The molecule has 0 aliphatic heterocycles. The summed E-state index contributed by atoms with van der Waals surface area (Å²) in [5.41, 5.74) is 2.43. The maximum atomic E-state index is 11.5. The number of ether oxygens (including phenoxy) is 2. The Morgan fingerprint density at radius 1 is 1.14 bits per heavy atom. The summed E-state index contributed by atoms with van der Waals surface area (Å²) >= 11 is 0. The predicted molar refractivity (Wildman–Crippen MR) is 42.7 cm³/mol. The van der Waals surface area contributed by atoms with Crippen molar-refractivity contribution < 1.29 is 27.5 Å². The Labute approximate surface area is 80.3 Å². The second kappa shape index (κ2) is 7.98. The monoisotopic (exact) mass is 217 g/mol. The quantitative estimate of drug-likeness (QED) is 0.480. The molecule has 0 rings (SSSR count). The fraction of sp³-hybridized carbons (Fsp3) is 1.00. The second-order valence-electron chi connectivity index (χ2n) is 2.40. The van der Waals surface area contributed by atoms with E-state index in [9.17, 15) is 13.2 Å². The molecule has 0 aliphatic rings. The Balaban J connectivity index is 2.99. The zero-order chi connectivity index (χ0) is 10.9. The van der Waals surface area contributed by atoms with Crippen molar-refractivity contribution in [3.8, 4) is 0 Å². The van der Waals surface area contributed by atoms with Gasteiger partial charge in [0.25, 0.3) is 0 Å². The molecule has 0 spiro atoms. The highest BCUT2D eigenvalue weighted by Crippen LogP contribution is 2.13. The molecule has 0 atom stereocenters. The first kappa shape index (κ1) is 13.6. The first-order valence-corrected chi connectivity index (χ1v) is 4.04. The molecule has 86 valence electrons. The van der Waals surface area contributed by atoms with E-state index in [1.54, 1.807) is 0 Å². The molecule has 4 nitrogen and oxygen atoms in total. The predicted octanol–water partition coefficient (Wildman–Crippen LogP) is 0.733. The standard InChI is InChI=1S/C7H14F3NO3/c1-12-4-5-14-11-2-3-13-6-7(8,9)10/h11H,2-6H2,1H3. The largest absolute Gasteiger partial charge is 0.411 e. The van der Waals surface area contributed by atoms with Gasteiger partial charge in [0, 0.05) is 13.7 Å². The van der Waals surface area contributed by atoms with Gasteiger partial charge in [-0.25, -0.2) is 5.48 Å². The lowest BCUT2D eigenvalue weighted by Gasteiger charge is -2.08. The van der Waals surface area contributed by atoms with E-state index in [4.69, 9.17) is 4.84 Å². The van der Waals surface area contributed by atoms with Crippen LogP contribution in [0.15, 0.2) is 0 Å². The van der Waals surface area contributed by atoms with Crippen LogP contribution in [-0.4, -0.2) is 46.3 Å². The first-order valence-electron chi connectivity index (χ1n) is 4.04. The third-order valence-corrected chi connectivity index (χ3v) is 1.11. The molecule has 0 amide bonds. The molecule has 0 aromatic heterocycles. The number of rotatable bonds is 8. The highest BCUT2D eigenvalue weighted by molar-refractivity contribution is 4.45. The highest BCUT2D eigenvalue weighted by Gasteiger charge is 2.27. The summed E-state index contributed by atoms with van der Waals surface area (Å²) in [6.45, 7) is -0.300. The number of hydrogen-bond acceptors (Lipinski definition) is 4. The van der Waals surface area contributed by atoms with Crippen LogP contribution in [0.2, 0.25) is 0 Å². The van der Waals surface area contributed by atoms with Crippen molar-refractivity contribution in [2.75, 3.05) is 40.1 Å². The van der Waals surface area contributed by atoms with Crippen LogP contribution in [0.3, 0.4) is 0 Å². The number of hydroxylamine groups is 1. The third-order valence-electron chi connectivity index (χ3n) is 1.11. The molecule has 0 bridgehead atoms. The molecular formula is C7H14F3NO3.